The van der Waals surface area contributed by atoms with Crippen LogP contribution in [0.25, 0.3) is 0 Å². The minimum absolute atomic E-state index is 0.0671. The van der Waals surface area contributed by atoms with Gasteiger partial charge in [0.1, 0.15) is 0 Å². The number of nitrogens with zero attached hydrogens (tertiary/aromatic N) is 3. The molecule has 0 fully saturated rings. The molecule has 4 nitrogen and oxygen atoms in total. The molecule has 0 saturated carbocycles. The van der Waals surface area contributed by atoms with Crippen LogP contribution in [0.1, 0.15) is 38.3 Å². The number of rotatable bonds is 10. The van der Waals surface area contributed by atoms with Crippen LogP contribution in [-0.4, -0.2) is 47.9 Å². The Balaban J connectivity index is 3.07. The highest BCUT2D eigenvalue weighted by molar-refractivity contribution is 5.79. The molecule has 0 heterocycles. The molecule has 0 aliphatic heterocycles. The third kappa shape index (κ3) is 6.16. The average Bonchev–Trinajstić information content (AvgIpc) is 2.61. The van der Waals surface area contributed by atoms with Gasteiger partial charge in [0.2, 0.25) is 5.91 Å². The van der Waals surface area contributed by atoms with Crippen molar-refractivity contribution in [3.63, 3.8) is 0 Å². The van der Waals surface area contributed by atoms with Crippen molar-refractivity contribution in [2.45, 2.75) is 45.7 Å². The number of carbonyl (C=O) groups is 1. The molecule has 0 aliphatic carbocycles. The number of amides is 1. The van der Waals surface area contributed by atoms with Gasteiger partial charge in [0.05, 0.1) is 24.2 Å². The molecule has 1 aromatic rings. The summed E-state index contributed by atoms with van der Waals surface area (Å²) in [6, 6.07) is 9.74. The maximum Gasteiger partial charge on any atom is 0.237 e. The number of benzene rings is 1. The zero-order valence-corrected chi connectivity index (χ0v) is 16.5. The quantitative estimate of drug-likeness (QED) is 0.601. The Bertz CT molecular complexity index is 657. The van der Waals surface area contributed by atoms with Crippen molar-refractivity contribution in [1.29, 1.82) is 5.26 Å². The Labute approximate surface area is 158 Å². The van der Waals surface area contributed by atoms with Crippen LogP contribution < -0.4 is 0 Å². The van der Waals surface area contributed by atoms with E-state index in [0.29, 0.717) is 25.1 Å². The topological polar surface area (TPSA) is 47.3 Å². The van der Waals surface area contributed by atoms with Crippen LogP contribution in [-0.2, 0) is 11.2 Å². The van der Waals surface area contributed by atoms with Crippen molar-refractivity contribution in [2.24, 2.45) is 0 Å². The van der Waals surface area contributed by atoms with Crippen LogP contribution in [0.3, 0.4) is 0 Å². The molecule has 0 aliphatic rings. The Hall–Kier alpha value is -2.38. The van der Waals surface area contributed by atoms with Gasteiger partial charge < -0.3 is 4.90 Å². The molecule has 2 atom stereocenters. The summed E-state index contributed by atoms with van der Waals surface area (Å²) in [5.41, 5.74) is 2.70. The van der Waals surface area contributed by atoms with E-state index in [-0.39, 0.29) is 18.0 Å². The van der Waals surface area contributed by atoms with Crippen LogP contribution >= 0.6 is 0 Å². The number of likely N-dealkylation sites (N-methyl/N-ethyl adjacent to an activating group) is 1. The summed E-state index contributed by atoms with van der Waals surface area (Å²) >= 11 is 0. The van der Waals surface area contributed by atoms with Crippen LogP contribution in [0.5, 0.6) is 0 Å². The highest BCUT2D eigenvalue weighted by Crippen LogP contribution is 2.20. The van der Waals surface area contributed by atoms with Crippen molar-refractivity contribution in [2.75, 3.05) is 20.1 Å². The Morgan fingerprint density at radius 3 is 2.42 bits per heavy atom. The van der Waals surface area contributed by atoms with Crippen molar-refractivity contribution in [1.82, 2.24) is 9.80 Å². The molecule has 0 spiro atoms. The van der Waals surface area contributed by atoms with Crippen LogP contribution in [0.4, 0.5) is 0 Å². The monoisotopic (exact) mass is 353 g/mol. The van der Waals surface area contributed by atoms with Crippen molar-refractivity contribution in [3.05, 3.63) is 60.2 Å². The first-order chi connectivity index (χ1) is 12.3. The lowest BCUT2D eigenvalue weighted by Crippen LogP contribution is -2.50. The fourth-order valence-corrected chi connectivity index (χ4v) is 2.97. The maximum absolute atomic E-state index is 13.0. The molecule has 26 heavy (non-hydrogen) atoms. The van der Waals surface area contributed by atoms with Gasteiger partial charge in [0.15, 0.2) is 0 Å². The van der Waals surface area contributed by atoms with Gasteiger partial charge in [0, 0.05) is 12.6 Å². The van der Waals surface area contributed by atoms with Gasteiger partial charge in [0.25, 0.3) is 0 Å². The summed E-state index contributed by atoms with van der Waals surface area (Å²) < 4.78 is 0. The van der Waals surface area contributed by atoms with E-state index in [1.807, 2.05) is 48.0 Å². The lowest BCUT2D eigenvalue weighted by molar-refractivity contribution is -0.136. The summed E-state index contributed by atoms with van der Waals surface area (Å²) in [4.78, 5) is 17.0. The lowest BCUT2D eigenvalue weighted by atomic mass is 9.96. The highest BCUT2D eigenvalue weighted by atomic mass is 16.2. The molecule has 0 bridgehead atoms. The number of nitriles is 1. The van der Waals surface area contributed by atoms with Gasteiger partial charge >= 0.3 is 0 Å². The van der Waals surface area contributed by atoms with Crippen LogP contribution in [0.15, 0.2) is 49.1 Å². The number of hydrogen-bond donors (Lipinski definition) is 0. The fourth-order valence-electron chi connectivity index (χ4n) is 2.97. The molecule has 140 valence electrons. The van der Waals surface area contributed by atoms with E-state index in [0.717, 1.165) is 17.6 Å². The molecule has 4 heteroatoms. The van der Waals surface area contributed by atoms with E-state index in [1.165, 1.54) is 0 Å². The molecule has 1 aromatic carbocycles. The van der Waals surface area contributed by atoms with Gasteiger partial charge in [-0.2, -0.15) is 5.26 Å². The summed E-state index contributed by atoms with van der Waals surface area (Å²) in [6.07, 6.45) is 3.38. The van der Waals surface area contributed by atoms with E-state index < -0.39 is 0 Å². The average molecular weight is 354 g/mol. The Morgan fingerprint density at radius 1 is 1.35 bits per heavy atom. The summed E-state index contributed by atoms with van der Waals surface area (Å²) in [7, 11) is 1.92. The van der Waals surface area contributed by atoms with Gasteiger partial charge in [-0.05, 0) is 51.4 Å². The van der Waals surface area contributed by atoms with E-state index in [1.54, 1.807) is 6.08 Å². The molecule has 0 saturated heterocycles. The van der Waals surface area contributed by atoms with Crippen molar-refractivity contribution >= 4 is 5.91 Å². The molecule has 1 rings (SSSR count). The molecular formula is C22H31N3O. The third-order valence-electron chi connectivity index (χ3n) is 4.62. The largest absolute Gasteiger partial charge is 0.332 e. The standard InChI is InChI=1S/C22H31N3O/c1-7-13-24(6)16-22(26)25(18(5)8-2)21(17(3)4)14-19-9-11-20(15-23)12-10-19/h7,9-12,18,21H,1,3,8,13-14,16H2,2,4-6H3/t18?,21-/m0/s1. The SMILES string of the molecule is C=CCN(C)CC(=O)N(C(C)CC)[C@@H](Cc1ccc(C#N)cc1)C(=C)C. The molecule has 0 radical (unpaired) electrons. The fraction of sp³-hybridized carbons (Fsp3) is 0.455. The maximum atomic E-state index is 13.0. The number of carbonyl (C=O) groups excluding carboxylic acids is 1. The minimum atomic E-state index is -0.0671. The molecular weight excluding hydrogens is 322 g/mol. The second kappa shape index (κ2) is 10.6. The van der Waals surface area contributed by atoms with Gasteiger partial charge in [-0.3, -0.25) is 9.69 Å². The van der Waals surface area contributed by atoms with E-state index in [2.05, 4.69) is 33.1 Å². The van der Waals surface area contributed by atoms with Gasteiger partial charge in [-0.1, -0.05) is 37.3 Å². The van der Waals surface area contributed by atoms with Crippen molar-refractivity contribution in [3.8, 4) is 6.07 Å². The molecule has 0 N–H and O–H groups in total. The first-order valence-corrected chi connectivity index (χ1v) is 9.09. The normalized spacial score (nSPS) is 12.9. The molecule has 1 unspecified atom stereocenters. The highest BCUT2D eigenvalue weighted by Gasteiger charge is 2.28. The third-order valence-corrected chi connectivity index (χ3v) is 4.62. The zero-order chi connectivity index (χ0) is 19.7. The number of hydrogen-bond acceptors (Lipinski definition) is 3. The molecule has 0 aromatic heterocycles. The smallest absolute Gasteiger partial charge is 0.237 e. The van der Waals surface area contributed by atoms with Gasteiger partial charge in [-0.15, -0.1) is 6.58 Å². The van der Waals surface area contributed by atoms with Crippen LogP contribution in [0.2, 0.25) is 0 Å². The van der Waals surface area contributed by atoms with E-state index >= 15 is 0 Å². The van der Waals surface area contributed by atoms with Crippen LogP contribution in [0, 0.1) is 11.3 Å². The first-order valence-electron chi connectivity index (χ1n) is 9.09. The predicted octanol–water partition coefficient (Wildman–Crippen LogP) is 3.79. The zero-order valence-electron chi connectivity index (χ0n) is 16.5. The molecule has 1 amide bonds. The first kappa shape index (κ1) is 21.7. The second-order valence-corrected chi connectivity index (χ2v) is 6.92. The summed E-state index contributed by atoms with van der Waals surface area (Å²) in [5.74, 6) is 0.102. The summed E-state index contributed by atoms with van der Waals surface area (Å²) in [5, 5.41) is 8.96. The second-order valence-electron chi connectivity index (χ2n) is 6.92. The van der Waals surface area contributed by atoms with E-state index in [9.17, 15) is 4.79 Å². The lowest BCUT2D eigenvalue weighted by Gasteiger charge is -2.38. The van der Waals surface area contributed by atoms with E-state index in [4.69, 9.17) is 5.26 Å². The predicted molar refractivity (Wildman–Crippen MR) is 108 cm³/mol. The van der Waals surface area contributed by atoms with Gasteiger partial charge in [-0.25, -0.2) is 0 Å². The van der Waals surface area contributed by atoms with Crippen molar-refractivity contribution < 1.29 is 4.79 Å². The Morgan fingerprint density at radius 2 is 1.96 bits per heavy atom. The summed E-state index contributed by atoms with van der Waals surface area (Å²) in [6.45, 7) is 15.1. The Kier molecular flexibility index (Phi) is 8.81. The minimum Gasteiger partial charge on any atom is -0.332 e.